The third-order valence-corrected chi connectivity index (χ3v) is 4.01. The van der Waals surface area contributed by atoms with Gasteiger partial charge < -0.3 is 15.7 Å². The van der Waals surface area contributed by atoms with E-state index >= 15 is 0 Å². The van der Waals surface area contributed by atoms with Crippen LogP contribution in [0.1, 0.15) is 5.56 Å². The van der Waals surface area contributed by atoms with Crippen LogP contribution in [-0.2, 0) is 0 Å². The molecule has 0 heterocycles. The molecule has 0 aliphatic carbocycles. The summed E-state index contributed by atoms with van der Waals surface area (Å²) in [4.78, 5) is 0.820. The summed E-state index contributed by atoms with van der Waals surface area (Å²) in [6.45, 7) is 0. The van der Waals surface area contributed by atoms with E-state index in [1.54, 1.807) is 24.3 Å². The standard InChI is InChI=1S/C14H12Cl2N2O2S/c1-21-12-4-2-3-10(13(12)14(17)18-19)20-11-7-8(15)5-6-9(11)16/h2-7,19H,1H3,(H2,17,18). The molecule has 0 radical (unpaired) electrons. The lowest BCUT2D eigenvalue weighted by Gasteiger charge is -2.14. The second-order valence-electron chi connectivity index (χ2n) is 4.00. The molecule has 0 amide bonds. The molecular formula is C14H12Cl2N2O2S. The van der Waals surface area contributed by atoms with E-state index in [1.165, 1.54) is 11.8 Å². The van der Waals surface area contributed by atoms with Crippen LogP contribution in [0.2, 0.25) is 10.0 Å². The Labute approximate surface area is 136 Å². The molecule has 7 heteroatoms. The second kappa shape index (κ2) is 6.93. The first-order valence-electron chi connectivity index (χ1n) is 5.84. The summed E-state index contributed by atoms with van der Waals surface area (Å²) in [5.41, 5.74) is 6.24. The van der Waals surface area contributed by atoms with Gasteiger partial charge in [0.2, 0.25) is 0 Å². The minimum Gasteiger partial charge on any atom is -0.455 e. The van der Waals surface area contributed by atoms with Crippen LogP contribution in [0.3, 0.4) is 0 Å². The van der Waals surface area contributed by atoms with Crippen molar-refractivity contribution in [1.29, 1.82) is 0 Å². The third-order valence-electron chi connectivity index (χ3n) is 2.68. The number of benzene rings is 2. The van der Waals surface area contributed by atoms with Gasteiger partial charge in [0, 0.05) is 16.0 Å². The molecule has 0 saturated heterocycles. The van der Waals surface area contributed by atoms with Crippen LogP contribution in [0, 0.1) is 0 Å². The quantitative estimate of drug-likeness (QED) is 0.280. The first-order valence-corrected chi connectivity index (χ1v) is 7.82. The molecule has 0 saturated carbocycles. The lowest BCUT2D eigenvalue weighted by molar-refractivity contribution is 0.318. The van der Waals surface area contributed by atoms with Crippen LogP contribution in [0.5, 0.6) is 11.5 Å². The number of thioether (sulfide) groups is 1. The van der Waals surface area contributed by atoms with Crippen molar-refractivity contribution in [2.24, 2.45) is 10.9 Å². The maximum Gasteiger partial charge on any atom is 0.175 e. The van der Waals surface area contributed by atoms with E-state index in [-0.39, 0.29) is 5.84 Å². The molecular weight excluding hydrogens is 331 g/mol. The molecule has 0 bridgehead atoms. The highest BCUT2D eigenvalue weighted by atomic mass is 35.5. The van der Waals surface area contributed by atoms with Crippen molar-refractivity contribution >= 4 is 40.8 Å². The van der Waals surface area contributed by atoms with Crippen molar-refractivity contribution in [3.05, 3.63) is 52.0 Å². The Morgan fingerprint density at radius 2 is 2.00 bits per heavy atom. The fourth-order valence-electron chi connectivity index (χ4n) is 1.74. The molecule has 2 aromatic carbocycles. The Kier molecular flexibility index (Phi) is 5.22. The van der Waals surface area contributed by atoms with Gasteiger partial charge in [-0.2, -0.15) is 0 Å². The van der Waals surface area contributed by atoms with Gasteiger partial charge >= 0.3 is 0 Å². The van der Waals surface area contributed by atoms with E-state index in [0.717, 1.165) is 4.90 Å². The maximum atomic E-state index is 8.95. The third kappa shape index (κ3) is 3.56. The average Bonchev–Trinajstić information content (AvgIpc) is 2.49. The fourth-order valence-corrected chi connectivity index (χ4v) is 2.68. The van der Waals surface area contributed by atoms with E-state index in [2.05, 4.69) is 5.16 Å². The second-order valence-corrected chi connectivity index (χ2v) is 5.69. The Balaban J connectivity index is 2.51. The number of oxime groups is 1. The summed E-state index contributed by atoms with van der Waals surface area (Å²) in [6.07, 6.45) is 1.89. The molecule has 0 aliphatic heterocycles. The predicted octanol–water partition coefficient (Wildman–Crippen LogP) is 4.60. The molecule has 2 aromatic rings. The van der Waals surface area contributed by atoms with Crippen molar-refractivity contribution in [3.8, 4) is 11.5 Å². The van der Waals surface area contributed by atoms with E-state index in [4.69, 9.17) is 38.9 Å². The maximum absolute atomic E-state index is 8.95. The van der Waals surface area contributed by atoms with Gasteiger partial charge in [0.25, 0.3) is 0 Å². The van der Waals surface area contributed by atoms with Gasteiger partial charge in [-0.15, -0.1) is 11.8 Å². The summed E-state index contributed by atoms with van der Waals surface area (Å²) in [7, 11) is 0. The topological polar surface area (TPSA) is 67.8 Å². The molecule has 4 nitrogen and oxygen atoms in total. The van der Waals surface area contributed by atoms with Crippen molar-refractivity contribution in [3.63, 3.8) is 0 Å². The largest absolute Gasteiger partial charge is 0.455 e. The highest BCUT2D eigenvalue weighted by Gasteiger charge is 2.15. The smallest absolute Gasteiger partial charge is 0.175 e. The number of nitrogens with zero attached hydrogens (tertiary/aromatic N) is 1. The van der Waals surface area contributed by atoms with E-state index < -0.39 is 0 Å². The molecule has 2 rings (SSSR count). The SMILES string of the molecule is CSc1cccc(Oc2cc(Cl)ccc2Cl)c1/C(N)=N/O. The highest BCUT2D eigenvalue weighted by Crippen LogP contribution is 2.36. The Bertz CT molecular complexity index is 693. The molecule has 110 valence electrons. The number of halogens is 2. The van der Waals surface area contributed by atoms with Gasteiger partial charge in [-0.1, -0.05) is 34.4 Å². The van der Waals surface area contributed by atoms with Crippen molar-refractivity contribution in [1.82, 2.24) is 0 Å². The lowest BCUT2D eigenvalue weighted by atomic mass is 10.2. The Hall–Kier alpha value is -1.56. The van der Waals surface area contributed by atoms with Gasteiger partial charge in [-0.25, -0.2) is 0 Å². The summed E-state index contributed by atoms with van der Waals surface area (Å²) in [5.74, 6) is 0.795. The van der Waals surface area contributed by atoms with Gasteiger partial charge in [0.05, 0.1) is 10.6 Å². The zero-order valence-corrected chi connectivity index (χ0v) is 13.3. The normalized spacial score (nSPS) is 11.5. The van der Waals surface area contributed by atoms with E-state index in [9.17, 15) is 0 Å². The number of hydrogen-bond donors (Lipinski definition) is 2. The first kappa shape index (κ1) is 15.8. The number of rotatable bonds is 4. The Morgan fingerprint density at radius 1 is 1.24 bits per heavy atom. The van der Waals surface area contributed by atoms with Gasteiger partial charge in [-0.05, 0) is 30.5 Å². The van der Waals surface area contributed by atoms with Crippen LogP contribution < -0.4 is 10.5 Å². The van der Waals surface area contributed by atoms with Gasteiger partial charge in [0.1, 0.15) is 11.5 Å². The van der Waals surface area contributed by atoms with Gasteiger partial charge in [0.15, 0.2) is 5.84 Å². The molecule has 0 aliphatic rings. The van der Waals surface area contributed by atoms with Crippen molar-refractivity contribution in [2.45, 2.75) is 4.90 Å². The van der Waals surface area contributed by atoms with Gasteiger partial charge in [-0.3, -0.25) is 0 Å². The summed E-state index contributed by atoms with van der Waals surface area (Å²) >= 11 is 13.5. The highest BCUT2D eigenvalue weighted by molar-refractivity contribution is 7.98. The summed E-state index contributed by atoms with van der Waals surface area (Å²) in [6, 6.07) is 10.3. The minimum atomic E-state index is -0.0342. The summed E-state index contributed by atoms with van der Waals surface area (Å²) < 4.78 is 5.78. The molecule has 0 unspecified atom stereocenters. The molecule has 3 N–H and O–H groups in total. The Morgan fingerprint density at radius 3 is 2.67 bits per heavy atom. The van der Waals surface area contributed by atoms with Crippen LogP contribution in [0.15, 0.2) is 46.4 Å². The van der Waals surface area contributed by atoms with Crippen LogP contribution in [0.4, 0.5) is 0 Å². The molecule has 0 fully saturated rings. The predicted molar refractivity (Wildman–Crippen MR) is 87.3 cm³/mol. The fraction of sp³-hybridized carbons (Fsp3) is 0.0714. The van der Waals surface area contributed by atoms with Crippen LogP contribution >= 0.6 is 35.0 Å². The number of nitrogens with two attached hydrogens (primary N) is 1. The lowest BCUT2D eigenvalue weighted by Crippen LogP contribution is -2.15. The minimum absolute atomic E-state index is 0.0342. The average molecular weight is 343 g/mol. The van der Waals surface area contributed by atoms with E-state index in [1.807, 2.05) is 18.4 Å². The van der Waals surface area contributed by atoms with Crippen LogP contribution in [0.25, 0.3) is 0 Å². The number of hydrogen-bond acceptors (Lipinski definition) is 4. The van der Waals surface area contributed by atoms with Crippen molar-refractivity contribution in [2.75, 3.05) is 6.26 Å². The number of amidine groups is 1. The molecule has 0 atom stereocenters. The molecule has 0 aromatic heterocycles. The zero-order valence-electron chi connectivity index (χ0n) is 11.0. The monoisotopic (exact) mass is 342 g/mol. The number of ether oxygens (including phenoxy) is 1. The summed E-state index contributed by atoms with van der Waals surface area (Å²) in [5, 5.41) is 12.9. The molecule has 21 heavy (non-hydrogen) atoms. The zero-order chi connectivity index (χ0) is 15.4. The van der Waals surface area contributed by atoms with E-state index in [0.29, 0.717) is 27.1 Å². The van der Waals surface area contributed by atoms with Crippen LogP contribution in [-0.4, -0.2) is 17.3 Å². The van der Waals surface area contributed by atoms with Crippen molar-refractivity contribution < 1.29 is 9.94 Å². The first-order chi connectivity index (χ1) is 10.1. The molecule has 0 spiro atoms.